The molecule has 1 saturated heterocycles. The molecule has 0 spiro atoms. The molecule has 5 rings (SSSR count). The predicted molar refractivity (Wildman–Crippen MR) is 142 cm³/mol. The summed E-state index contributed by atoms with van der Waals surface area (Å²) in [7, 11) is 0. The molecule has 0 atom stereocenters. The van der Waals surface area contributed by atoms with Crippen LogP contribution in [-0.4, -0.2) is 88.7 Å². The van der Waals surface area contributed by atoms with Gasteiger partial charge in [0.25, 0.3) is 0 Å². The Bertz CT molecular complexity index is 1170. The maximum Gasteiger partial charge on any atom is 0.231 e. The second kappa shape index (κ2) is 11.6. The van der Waals surface area contributed by atoms with E-state index in [-0.39, 0.29) is 5.91 Å². The summed E-state index contributed by atoms with van der Waals surface area (Å²) in [5, 5.41) is 5.11. The topological polar surface area (TPSA) is 112 Å². The zero-order chi connectivity index (χ0) is 24.9. The summed E-state index contributed by atoms with van der Waals surface area (Å²) in [6.45, 7) is 5.56. The molecule has 0 unspecified atom stereocenters. The van der Waals surface area contributed by atoms with Crippen molar-refractivity contribution in [3.8, 4) is 11.1 Å². The lowest BCUT2D eigenvalue weighted by atomic mass is 9.90. The van der Waals surface area contributed by atoms with E-state index in [2.05, 4.69) is 36.1 Å². The number of nitrogens with zero attached hydrogens (tertiary/aromatic N) is 4. The highest BCUT2D eigenvalue weighted by Crippen LogP contribution is 2.32. The fourth-order valence-corrected chi connectivity index (χ4v) is 5.61. The van der Waals surface area contributed by atoms with Crippen molar-refractivity contribution in [1.29, 1.82) is 0 Å². The molecular formula is C26H34ClN7O2. The van der Waals surface area contributed by atoms with Crippen LogP contribution in [0, 0.1) is 0 Å². The van der Waals surface area contributed by atoms with E-state index in [1.165, 1.54) is 0 Å². The summed E-state index contributed by atoms with van der Waals surface area (Å²) >= 11 is 6.41. The number of nitrogens with two attached hydrogens (primary N) is 1. The first-order valence-electron chi connectivity index (χ1n) is 12.7. The monoisotopic (exact) mass is 511 g/mol. The van der Waals surface area contributed by atoms with E-state index in [0.717, 1.165) is 93.1 Å². The number of carbonyl (C=O) groups excluding carboxylic acids is 1. The zero-order valence-electron chi connectivity index (χ0n) is 20.5. The number of halogens is 1. The molecule has 2 fully saturated rings. The van der Waals surface area contributed by atoms with Crippen molar-refractivity contribution in [1.82, 2.24) is 24.8 Å². The summed E-state index contributed by atoms with van der Waals surface area (Å²) in [6, 6.07) is 8.58. The first-order chi connectivity index (χ1) is 17.5. The predicted octanol–water partition coefficient (Wildman–Crippen LogP) is 3.12. The highest BCUT2D eigenvalue weighted by Gasteiger charge is 2.27. The van der Waals surface area contributed by atoms with Gasteiger partial charge in [0, 0.05) is 61.6 Å². The van der Waals surface area contributed by atoms with Gasteiger partial charge < -0.3 is 20.8 Å². The number of H-pyrrole nitrogens is 1. The van der Waals surface area contributed by atoms with Crippen LogP contribution in [0.3, 0.4) is 0 Å². The Morgan fingerprint density at radius 3 is 2.83 bits per heavy atom. The van der Waals surface area contributed by atoms with E-state index in [1.807, 2.05) is 24.4 Å². The van der Waals surface area contributed by atoms with Crippen LogP contribution >= 0.6 is 11.6 Å². The number of aromatic nitrogens is 3. The summed E-state index contributed by atoms with van der Waals surface area (Å²) < 4.78 is 5.45. The minimum Gasteiger partial charge on any atom is -0.379 e. The Labute approximate surface area is 216 Å². The van der Waals surface area contributed by atoms with Gasteiger partial charge in [0.2, 0.25) is 5.91 Å². The lowest BCUT2D eigenvalue weighted by Gasteiger charge is -2.38. The average molecular weight is 512 g/mol. The Morgan fingerprint density at radius 2 is 2.06 bits per heavy atom. The van der Waals surface area contributed by atoms with Crippen LogP contribution in [0.4, 0.5) is 5.82 Å². The van der Waals surface area contributed by atoms with Crippen LogP contribution in [-0.2, 0) is 9.53 Å². The fourth-order valence-electron chi connectivity index (χ4n) is 5.40. The minimum absolute atomic E-state index is 0.264. The number of anilines is 1. The van der Waals surface area contributed by atoms with Gasteiger partial charge in [0.05, 0.1) is 19.8 Å². The van der Waals surface area contributed by atoms with Gasteiger partial charge in [-0.1, -0.05) is 11.6 Å². The molecule has 0 radical (unpaired) electrons. The molecule has 2 aliphatic rings. The van der Waals surface area contributed by atoms with E-state index in [1.54, 1.807) is 6.20 Å². The number of carbonyl (C=O) groups is 1. The van der Waals surface area contributed by atoms with Gasteiger partial charge >= 0.3 is 0 Å². The summed E-state index contributed by atoms with van der Waals surface area (Å²) in [5.74, 6) is 0.515. The van der Waals surface area contributed by atoms with E-state index >= 15 is 0 Å². The number of primary amides is 1. The van der Waals surface area contributed by atoms with Crippen LogP contribution in [0.5, 0.6) is 0 Å². The van der Waals surface area contributed by atoms with Crippen molar-refractivity contribution in [3.63, 3.8) is 0 Å². The molecule has 36 heavy (non-hydrogen) atoms. The van der Waals surface area contributed by atoms with Crippen molar-refractivity contribution in [3.05, 3.63) is 41.8 Å². The molecule has 1 aliphatic heterocycles. The molecule has 3 aromatic heterocycles. The number of pyridine rings is 2. The first-order valence-corrected chi connectivity index (χ1v) is 13.1. The van der Waals surface area contributed by atoms with Gasteiger partial charge in [-0.3, -0.25) is 14.6 Å². The van der Waals surface area contributed by atoms with Crippen LogP contribution in [0.15, 0.2) is 36.7 Å². The number of aromatic amines is 1. The van der Waals surface area contributed by atoms with Gasteiger partial charge in [-0.25, -0.2) is 9.97 Å². The van der Waals surface area contributed by atoms with Crippen LogP contribution in [0.25, 0.3) is 22.2 Å². The van der Waals surface area contributed by atoms with Crippen LogP contribution < -0.4 is 11.1 Å². The second-order valence-corrected chi connectivity index (χ2v) is 10.1. The van der Waals surface area contributed by atoms with E-state index in [4.69, 9.17) is 22.1 Å². The SMILES string of the molecule is NC(=O)CN(CCN1CCOCC1)[C@H]1CC[C@H](Nc2cc(-c3c[nH]c4ncccc34)cc(Cl)n2)CC1. The van der Waals surface area contributed by atoms with Gasteiger partial charge in [-0.15, -0.1) is 0 Å². The molecule has 0 aromatic carbocycles. The summed E-state index contributed by atoms with van der Waals surface area (Å²) in [4.78, 5) is 28.6. The minimum atomic E-state index is -0.264. The molecular weight excluding hydrogens is 478 g/mol. The van der Waals surface area contributed by atoms with E-state index < -0.39 is 0 Å². The number of hydrogen-bond donors (Lipinski definition) is 3. The highest BCUT2D eigenvalue weighted by molar-refractivity contribution is 6.29. The lowest BCUT2D eigenvalue weighted by Crippen LogP contribution is -2.48. The number of rotatable bonds is 9. The molecule has 3 aromatic rings. The third kappa shape index (κ3) is 6.15. The summed E-state index contributed by atoms with van der Waals surface area (Å²) in [6.07, 6.45) is 7.75. The third-order valence-corrected chi connectivity index (χ3v) is 7.48. The van der Waals surface area contributed by atoms with Crippen molar-refractivity contribution in [2.45, 2.75) is 37.8 Å². The smallest absolute Gasteiger partial charge is 0.231 e. The molecule has 0 bridgehead atoms. The van der Waals surface area contributed by atoms with Crippen molar-refractivity contribution >= 4 is 34.4 Å². The van der Waals surface area contributed by atoms with Gasteiger partial charge in [0.1, 0.15) is 16.6 Å². The standard InChI is InChI=1S/C26H34ClN7O2/c27-23-14-18(22-16-30-26-21(22)2-1-7-29-26)15-25(32-23)31-19-3-5-20(6-4-19)34(17-24(28)35)9-8-33-10-12-36-13-11-33/h1-2,7,14-16,19-20H,3-6,8-13,17H2,(H2,28,35)(H,29,30)(H,31,32)/t19-,20-. The first kappa shape index (κ1) is 25.0. The number of ether oxygens (including phenoxy) is 1. The van der Waals surface area contributed by atoms with Crippen molar-refractivity contribution in [2.24, 2.45) is 5.73 Å². The van der Waals surface area contributed by atoms with Gasteiger partial charge in [0.15, 0.2) is 0 Å². The Balaban J connectivity index is 1.20. The van der Waals surface area contributed by atoms with E-state index in [0.29, 0.717) is 23.8 Å². The number of nitrogens with one attached hydrogen (secondary N) is 2. The molecule has 1 saturated carbocycles. The quantitative estimate of drug-likeness (QED) is 0.378. The number of morpholine rings is 1. The molecule has 4 heterocycles. The molecule has 1 aliphatic carbocycles. The van der Waals surface area contributed by atoms with Crippen LogP contribution in [0.2, 0.25) is 5.15 Å². The second-order valence-electron chi connectivity index (χ2n) is 9.71. The molecule has 192 valence electrons. The fraction of sp³-hybridized carbons (Fsp3) is 0.500. The maximum atomic E-state index is 11.8. The Morgan fingerprint density at radius 1 is 1.25 bits per heavy atom. The molecule has 10 heteroatoms. The third-order valence-electron chi connectivity index (χ3n) is 7.29. The average Bonchev–Trinajstić information content (AvgIpc) is 3.31. The van der Waals surface area contributed by atoms with Crippen LogP contribution in [0.1, 0.15) is 25.7 Å². The zero-order valence-corrected chi connectivity index (χ0v) is 21.2. The lowest BCUT2D eigenvalue weighted by molar-refractivity contribution is -0.120. The van der Waals surface area contributed by atoms with Crippen molar-refractivity contribution < 1.29 is 9.53 Å². The molecule has 1 amide bonds. The normalized spacial score (nSPS) is 21.2. The van der Waals surface area contributed by atoms with Gasteiger partial charge in [-0.2, -0.15) is 0 Å². The van der Waals surface area contributed by atoms with E-state index in [9.17, 15) is 4.79 Å². The Hall–Kier alpha value is -2.72. The largest absolute Gasteiger partial charge is 0.379 e. The highest BCUT2D eigenvalue weighted by atomic mass is 35.5. The number of amides is 1. The number of hydrogen-bond acceptors (Lipinski definition) is 7. The maximum absolute atomic E-state index is 11.8. The van der Waals surface area contributed by atoms with Gasteiger partial charge in [-0.05, 0) is 55.5 Å². The summed E-state index contributed by atoms with van der Waals surface area (Å²) in [5.41, 5.74) is 8.49. The molecule has 4 N–H and O–H groups in total. The van der Waals surface area contributed by atoms with Crippen molar-refractivity contribution in [2.75, 3.05) is 51.3 Å². The number of fused-ring (bicyclic) bond motifs is 1. The molecule has 9 nitrogen and oxygen atoms in total. The Kier molecular flexibility index (Phi) is 8.01.